The predicted molar refractivity (Wildman–Crippen MR) is 66.0 cm³/mol. The highest BCUT2D eigenvalue weighted by atomic mass is 19.4. The summed E-state index contributed by atoms with van der Waals surface area (Å²) in [6.45, 7) is 0. The monoisotopic (exact) mass is 295 g/mol. The molecule has 0 heterocycles. The molecule has 1 rings (SSSR count). The third-order valence-corrected chi connectivity index (χ3v) is 3.52. The Hall–Kier alpha value is -1.27. The van der Waals surface area contributed by atoms with E-state index >= 15 is 0 Å². The molecule has 7 heteroatoms. The van der Waals surface area contributed by atoms with E-state index in [1.807, 2.05) is 5.32 Å². The van der Waals surface area contributed by atoms with Crippen LogP contribution in [0.25, 0.3) is 0 Å². The molecule has 1 aliphatic carbocycles. The Kier molecular flexibility index (Phi) is 6.29. The minimum atomic E-state index is -4.61. The highest BCUT2D eigenvalue weighted by Gasteiger charge is 2.36. The standard InChI is InChI=1S/C13H20F3NO3/c14-13(15,16)8-10(12(19)20)17-11(18)7-9-5-3-1-2-4-6-9/h9-10H,1-8H2,(H,17,18)(H,19,20). The van der Waals surface area contributed by atoms with Crippen LogP contribution in [0.5, 0.6) is 0 Å². The molecule has 0 aromatic heterocycles. The summed E-state index contributed by atoms with van der Waals surface area (Å²) in [7, 11) is 0. The first-order valence-electron chi connectivity index (χ1n) is 6.87. The van der Waals surface area contributed by atoms with Crippen LogP contribution in [0, 0.1) is 5.92 Å². The maximum atomic E-state index is 12.2. The highest BCUT2D eigenvalue weighted by Crippen LogP contribution is 2.26. The molecular weight excluding hydrogens is 275 g/mol. The topological polar surface area (TPSA) is 66.4 Å². The quantitative estimate of drug-likeness (QED) is 0.766. The first-order valence-corrected chi connectivity index (χ1v) is 6.87. The third-order valence-electron chi connectivity index (χ3n) is 3.52. The minimum Gasteiger partial charge on any atom is -0.480 e. The van der Waals surface area contributed by atoms with Crippen LogP contribution in [-0.4, -0.2) is 29.2 Å². The number of carboxylic acid groups (broad SMARTS) is 1. The highest BCUT2D eigenvalue weighted by molar-refractivity contribution is 5.83. The van der Waals surface area contributed by atoms with E-state index in [4.69, 9.17) is 5.11 Å². The molecule has 4 nitrogen and oxygen atoms in total. The van der Waals surface area contributed by atoms with Crippen molar-refractivity contribution in [1.82, 2.24) is 5.32 Å². The van der Waals surface area contributed by atoms with Gasteiger partial charge < -0.3 is 10.4 Å². The van der Waals surface area contributed by atoms with Crippen molar-refractivity contribution in [2.45, 2.75) is 63.6 Å². The van der Waals surface area contributed by atoms with Crippen LogP contribution >= 0.6 is 0 Å². The van der Waals surface area contributed by atoms with Gasteiger partial charge in [-0.05, 0) is 18.8 Å². The van der Waals surface area contributed by atoms with Crippen LogP contribution in [0.1, 0.15) is 51.4 Å². The van der Waals surface area contributed by atoms with Crippen LogP contribution in [0.2, 0.25) is 0 Å². The Morgan fingerprint density at radius 3 is 2.15 bits per heavy atom. The number of hydrogen-bond acceptors (Lipinski definition) is 2. The fraction of sp³-hybridized carbons (Fsp3) is 0.846. The first-order chi connectivity index (χ1) is 9.28. The van der Waals surface area contributed by atoms with Crippen molar-refractivity contribution in [3.05, 3.63) is 0 Å². The van der Waals surface area contributed by atoms with E-state index in [0.717, 1.165) is 38.5 Å². The first kappa shape index (κ1) is 16.8. The van der Waals surface area contributed by atoms with Crippen LogP contribution in [0.4, 0.5) is 13.2 Å². The second-order valence-corrected chi connectivity index (χ2v) is 5.34. The smallest absolute Gasteiger partial charge is 0.391 e. The summed E-state index contributed by atoms with van der Waals surface area (Å²) >= 11 is 0. The zero-order valence-electron chi connectivity index (χ0n) is 11.2. The van der Waals surface area contributed by atoms with E-state index in [1.165, 1.54) is 0 Å². The van der Waals surface area contributed by atoms with Crippen LogP contribution < -0.4 is 5.32 Å². The number of halogens is 3. The Morgan fingerprint density at radius 2 is 1.70 bits per heavy atom. The Balaban J connectivity index is 2.46. The summed E-state index contributed by atoms with van der Waals surface area (Å²) in [5.74, 6) is -2.11. The molecule has 1 saturated carbocycles. The van der Waals surface area contributed by atoms with Gasteiger partial charge in [0.1, 0.15) is 6.04 Å². The molecule has 0 saturated heterocycles. The van der Waals surface area contributed by atoms with Crippen LogP contribution in [0.15, 0.2) is 0 Å². The number of carbonyl (C=O) groups excluding carboxylic acids is 1. The van der Waals surface area contributed by atoms with Crippen molar-refractivity contribution in [2.75, 3.05) is 0 Å². The van der Waals surface area contributed by atoms with E-state index in [0.29, 0.717) is 0 Å². The van der Waals surface area contributed by atoms with Gasteiger partial charge in [-0.3, -0.25) is 4.79 Å². The molecule has 0 radical (unpaired) electrons. The van der Waals surface area contributed by atoms with Gasteiger partial charge in [-0.15, -0.1) is 0 Å². The molecule has 1 fully saturated rings. The number of amides is 1. The summed E-state index contributed by atoms with van der Waals surface area (Å²) in [4.78, 5) is 22.4. The Labute approximate surface area is 115 Å². The van der Waals surface area contributed by atoms with Gasteiger partial charge in [-0.2, -0.15) is 13.2 Å². The minimum absolute atomic E-state index is 0.113. The van der Waals surface area contributed by atoms with E-state index in [-0.39, 0.29) is 12.3 Å². The number of rotatable bonds is 5. The van der Waals surface area contributed by atoms with Gasteiger partial charge in [0.05, 0.1) is 6.42 Å². The fourth-order valence-corrected chi connectivity index (χ4v) is 2.52. The van der Waals surface area contributed by atoms with Gasteiger partial charge in [-0.25, -0.2) is 4.79 Å². The van der Waals surface area contributed by atoms with Crippen molar-refractivity contribution < 1.29 is 27.9 Å². The molecule has 0 aliphatic heterocycles. The normalized spacial score (nSPS) is 19.1. The van der Waals surface area contributed by atoms with E-state index in [2.05, 4.69) is 0 Å². The van der Waals surface area contributed by atoms with E-state index in [1.54, 1.807) is 0 Å². The third kappa shape index (κ3) is 6.77. The lowest BCUT2D eigenvalue weighted by atomic mass is 9.96. The summed E-state index contributed by atoms with van der Waals surface area (Å²) in [6.07, 6.45) is -0.0203. The number of carboxylic acids is 1. The van der Waals surface area contributed by atoms with Crippen molar-refractivity contribution in [3.63, 3.8) is 0 Å². The molecule has 0 spiro atoms. The molecule has 1 amide bonds. The maximum Gasteiger partial charge on any atom is 0.391 e. The van der Waals surface area contributed by atoms with Crippen molar-refractivity contribution in [1.29, 1.82) is 0 Å². The molecule has 2 N–H and O–H groups in total. The molecule has 1 atom stereocenters. The van der Waals surface area contributed by atoms with E-state index < -0.39 is 30.5 Å². The molecule has 1 unspecified atom stereocenters. The fourth-order valence-electron chi connectivity index (χ4n) is 2.52. The maximum absolute atomic E-state index is 12.2. The average Bonchev–Trinajstić information content (AvgIpc) is 2.54. The van der Waals surface area contributed by atoms with Crippen LogP contribution in [-0.2, 0) is 9.59 Å². The lowest BCUT2D eigenvalue weighted by Gasteiger charge is -2.18. The zero-order chi connectivity index (χ0) is 15.2. The number of alkyl halides is 3. The lowest BCUT2D eigenvalue weighted by Crippen LogP contribution is -2.44. The predicted octanol–water partition coefficient (Wildman–Crippen LogP) is 2.87. The SMILES string of the molecule is O=C(CC1CCCCCC1)NC(CC(F)(F)F)C(=O)O. The number of carbonyl (C=O) groups is 2. The number of nitrogens with one attached hydrogen (secondary N) is 1. The second kappa shape index (κ2) is 7.50. The largest absolute Gasteiger partial charge is 0.480 e. The van der Waals surface area contributed by atoms with Gasteiger partial charge in [0.2, 0.25) is 5.91 Å². The van der Waals surface area contributed by atoms with Gasteiger partial charge in [0.15, 0.2) is 0 Å². The van der Waals surface area contributed by atoms with Gasteiger partial charge in [0.25, 0.3) is 0 Å². The van der Waals surface area contributed by atoms with Gasteiger partial charge >= 0.3 is 12.1 Å². The zero-order valence-corrected chi connectivity index (χ0v) is 11.2. The molecule has 0 aromatic rings. The summed E-state index contributed by atoms with van der Waals surface area (Å²) in [5, 5.41) is 10.7. The van der Waals surface area contributed by atoms with E-state index in [9.17, 15) is 22.8 Å². The Bertz CT molecular complexity index is 336. The van der Waals surface area contributed by atoms with Crippen molar-refractivity contribution in [3.8, 4) is 0 Å². The number of aliphatic carboxylic acids is 1. The molecule has 20 heavy (non-hydrogen) atoms. The Morgan fingerprint density at radius 1 is 1.15 bits per heavy atom. The number of hydrogen-bond donors (Lipinski definition) is 2. The molecule has 116 valence electrons. The van der Waals surface area contributed by atoms with Crippen molar-refractivity contribution in [2.24, 2.45) is 5.92 Å². The average molecular weight is 295 g/mol. The molecule has 0 aromatic carbocycles. The van der Waals surface area contributed by atoms with Gasteiger partial charge in [-0.1, -0.05) is 25.7 Å². The van der Waals surface area contributed by atoms with Gasteiger partial charge in [0, 0.05) is 6.42 Å². The molecular formula is C13H20F3NO3. The summed E-state index contributed by atoms with van der Waals surface area (Å²) < 4.78 is 36.6. The lowest BCUT2D eigenvalue weighted by molar-refractivity contribution is -0.160. The second-order valence-electron chi connectivity index (χ2n) is 5.34. The van der Waals surface area contributed by atoms with Crippen LogP contribution in [0.3, 0.4) is 0 Å². The summed E-state index contributed by atoms with van der Waals surface area (Å²) in [5.41, 5.74) is 0. The van der Waals surface area contributed by atoms with Crippen molar-refractivity contribution >= 4 is 11.9 Å². The molecule has 1 aliphatic rings. The summed E-state index contributed by atoms with van der Waals surface area (Å²) in [6, 6.07) is -1.90. The molecule has 0 bridgehead atoms.